The van der Waals surface area contributed by atoms with Gasteiger partial charge in [0.2, 0.25) is 0 Å². The van der Waals surface area contributed by atoms with Crippen LogP contribution >= 0.6 is 0 Å². The molecule has 0 bridgehead atoms. The number of nitrogens with zero attached hydrogens (tertiary/aromatic N) is 1. The molecule has 1 N–H and O–H groups in total. The van der Waals surface area contributed by atoms with E-state index in [4.69, 9.17) is 9.84 Å². The predicted octanol–water partition coefficient (Wildman–Crippen LogP) is 2.43. The summed E-state index contributed by atoms with van der Waals surface area (Å²) in [5, 5.41) is 8.95. The highest BCUT2D eigenvalue weighted by molar-refractivity contribution is 5.26. The van der Waals surface area contributed by atoms with Gasteiger partial charge in [-0.3, -0.25) is 4.90 Å². The smallest absolute Gasteiger partial charge is 0.119 e. The van der Waals surface area contributed by atoms with E-state index in [-0.39, 0.29) is 6.61 Å². The van der Waals surface area contributed by atoms with Crippen LogP contribution in [0.2, 0.25) is 0 Å². The molecule has 1 saturated heterocycles. The van der Waals surface area contributed by atoms with Crippen LogP contribution in [0.3, 0.4) is 0 Å². The number of hydrogen-bond acceptors (Lipinski definition) is 3. The van der Waals surface area contributed by atoms with Gasteiger partial charge in [-0.05, 0) is 43.6 Å². The van der Waals surface area contributed by atoms with Crippen molar-refractivity contribution in [2.24, 2.45) is 0 Å². The zero-order chi connectivity index (χ0) is 12.6. The second-order valence-electron chi connectivity index (χ2n) is 4.91. The Morgan fingerprint density at radius 2 is 1.67 bits per heavy atom. The van der Waals surface area contributed by atoms with Gasteiger partial charge in [0.05, 0.1) is 6.61 Å². The number of benzene rings is 1. The summed E-state index contributed by atoms with van der Waals surface area (Å²) in [6.07, 6.45) is 5.40. The molecule has 1 aliphatic rings. The third kappa shape index (κ3) is 4.31. The fraction of sp³-hybridized carbons (Fsp3) is 0.600. The number of aliphatic hydroxyl groups is 1. The summed E-state index contributed by atoms with van der Waals surface area (Å²) < 4.78 is 5.73. The molecule has 1 aromatic rings. The lowest BCUT2D eigenvalue weighted by Crippen LogP contribution is -2.29. The Labute approximate surface area is 109 Å². The number of aliphatic hydroxyl groups excluding tert-OH is 1. The Kier molecular flexibility index (Phi) is 5.49. The Balaban J connectivity index is 1.70. The second-order valence-corrected chi connectivity index (χ2v) is 4.91. The SMILES string of the molecule is OCc1ccc(OCCN2CCCCCC2)cc1. The van der Waals surface area contributed by atoms with Gasteiger partial charge in [-0.25, -0.2) is 0 Å². The molecule has 3 nitrogen and oxygen atoms in total. The van der Waals surface area contributed by atoms with E-state index in [1.165, 1.54) is 38.8 Å². The standard InChI is InChI=1S/C15H23NO2/c17-13-14-5-7-15(8-6-14)18-12-11-16-9-3-1-2-4-10-16/h5-8,17H,1-4,9-13H2. The van der Waals surface area contributed by atoms with Gasteiger partial charge in [0.15, 0.2) is 0 Å². The first kappa shape index (κ1) is 13.4. The van der Waals surface area contributed by atoms with Gasteiger partial charge in [0.25, 0.3) is 0 Å². The zero-order valence-corrected chi connectivity index (χ0v) is 11.0. The van der Waals surface area contributed by atoms with E-state index in [0.717, 1.165) is 24.5 Å². The lowest BCUT2D eigenvalue weighted by atomic mass is 10.2. The van der Waals surface area contributed by atoms with Crippen molar-refractivity contribution in [2.45, 2.75) is 32.3 Å². The van der Waals surface area contributed by atoms with Gasteiger partial charge in [0, 0.05) is 6.54 Å². The van der Waals surface area contributed by atoms with Crippen LogP contribution in [0.4, 0.5) is 0 Å². The molecular formula is C15H23NO2. The van der Waals surface area contributed by atoms with Crippen molar-refractivity contribution in [2.75, 3.05) is 26.2 Å². The minimum Gasteiger partial charge on any atom is -0.492 e. The van der Waals surface area contributed by atoms with Crippen molar-refractivity contribution in [1.82, 2.24) is 4.90 Å². The predicted molar refractivity (Wildman–Crippen MR) is 72.8 cm³/mol. The van der Waals surface area contributed by atoms with Crippen LogP contribution in [-0.2, 0) is 6.61 Å². The Bertz CT molecular complexity index is 329. The van der Waals surface area contributed by atoms with E-state index < -0.39 is 0 Å². The molecule has 18 heavy (non-hydrogen) atoms. The lowest BCUT2D eigenvalue weighted by Gasteiger charge is -2.19. The van der Waals surface area contributed by atoms with Crippen LogP contribution in [0.5, 0.6) is 5.75 Å². The quantitative estimate of drug-likeness (QED) is 0.870. The fourth-order valence-electron chi connectivity index (χ4n) is 2.34. The highest BCUT2D eigenvalue weighted by atomic mass is 16.5. The summed E-state index contributed by atoms with van der Waals surface area (Å²) in [4.78, 5) is 2.50. The first-order valence-electron chi connectivity index (χ1n) is 6.93. The van der Waals surface area contributed by atoms with Crippen LogP contribution in [-0.4, -0.2) is 36.2 Å². The Morgan fingerprint density at radius 3 is 2.28 bits per heavy atom. The number of ether oxygens (including phenoxy) is 1. The average Bonchev–Trinajstić information content (AvgIpc) is 2.68. The van der Waals surface area contributed by atoms with Crippen molar-refractivity contribution in [3.05, 3.63) is 29.8 Å². The third-order valence-electron chi connectivity index (χ3n) is 3.48. The zero-order valence-electron chi connectivity index (χ0n) is 11.0. The van der Waals surface area contributed by atoms with Crippen LogP contribution in [0, 0.1) is 0 Å². The van der Waals surface area contributed by atoms with E-state index in [1.807, 2.05) is 24.3 Å². The minimum atomic E-state index is 0.0913. The third-order valence-corrected chi connectivity index (χ3v) is 3.48. The van der Waals surface area contributed by atoms with E-state index in [2.05, 4.69) is 4.90 Å². The summed E-state index contributed by atoms with van der Waals surface area (Å²) in [5.41, 5.74) is 0.926. The van der Waals surface area contributed by atoms with E-state index in [9.17, 15) is 0 Å². The number of rotatable bonds is 5. The van der Waals surface area contributed by atoms with Crippen LogP contribution in [0.25, 0.3) is 0 Å². The van der Waals surface area contributed by atoms with Crippen molar-refractivity contribution >= 4 is 0 Å². The maximum Gasteiger partial charge on any atom is 0.119 e. The highest BCUT2D eigenvalue weighted by Gasteiger charge is 2.08. The van der Waals surface area contributed by atoms with Crippen LogP contribution in [0.1, 0.15) is 31.2 Å². The molecule has 0 spiro atoms. The van der Waals surface area contributed by atoms with Crippen molar-refractivity contribution in [3.63, 3.8) is 0 Å². The molecule has 0 aliphatic carbocycles. The molecule has 0 radical (unpaired) electrons. The second kappa shape index (κ2) is 7.39. The molecule has 0 saturated carbocycles. The molecule has 0 atom stereocenters. The number of hydrogen-bond donors (Lipinski definition) is 1. The van der Waals surface area contributed by atoms with Gasteiger partial charge >= 0.3 is 0 Å². The van der Waals surface area contributed by atoms with Crippen molar-refractivity contribution in [1.29, 1.82) is 0 Å². The first-order valence-corrected chi connectivity index (χ1v) is 6.93. The van der Waals surface area contributed by atoms with Crippen molar-refractivity contribution in [3.8, 4) is 5.75 Å². The summed E-state index contributed by atoms with van der Waals surface area (Å²) in [6.45, 7) is 4.29. The summed E-state index contributed by atoms with van der Waals surface area (Å²) in [7, 11) is 0. The molecule has 1 fully saturated rings. The molecule has 0 unspecified atom stereocenters. The maximum atomic E-state index is 8.95. The summed E-state index contributed by atoms with van der Waals surface area (Å²) in [5.74, 6) is 0.891. The molecule has 100 valence electrons. The summed E-state index contributed by atoms with van der Waals surface area (Å²) >= 11 is 0. The summed E-state index contributed by atoms with van der Waals surface area (Å²) in [6, 6.07) is 7.66. The molecule has 3 heteroatoms. The Morgan fingerprint density at radius 1 is 1.00 bits per heavy atom. The van der Waals surface area contributed by atoms with Crippen LogP contribution in [0.15, 0.2) is 24.3 Å². The van der Waals surface area contributed by atoms with Gasteiger partial charge in [-0.2, -0.15) is 0 Å². The minimum absolute atomic E-state index is 0.0913. The topological polar surface area (TPSA) is 32.7 Å². The normalized spacial score (nSPS) is 17.4. The van der Waals surface area contributed by atoms with E-state index in [1.54, 1.807) is 0 Å². The first-order chi connectivity index (χ1) is 8.88. The monoisotopic (exact) mass is 249 g/mol. The molecule has 1 heterocycles. The average molecular weight is 249 g/mol. The number of likely N-dealkylation sites (tertiary alicyclic amines) is 1. The van der Waals surface area contributed by atoms with Gasteiger partial charge in [0.1, 0.15) is 12.4 Å². The highest BCUT2D eigenvalue weighted by Crippen LogP contribution is 2.13. The Hall–Kier alpha value is -1.06. The molecule has 2 rings (SSSR count). The van der Waals surface area contributed by atoms with Gasteiger partial charge in [-0.15, -0.1) is 0 Å². The largest absolute Gasteiger partial charge is 0.492 e. The fourth-order valence-corrected chi connectivity index (χ4v) is 2.34. The van der Waals surface area contributed by atoms with Gasteiger partial charge in [-0.1, -0.05) is 25.0 Å². The maximum absolute atomic E-state index is 8.95. The molecule has 0 aromatic heterocycles. The van der Waals surface area contributed by atoms with Crippen molar-refractivity contribution < 1.29 is 9.84 Å². The molecule has 1 aromatic carbocycles. The molecule has 1 aliphatic heterocycles. The van der Waals surface area contributed by atoms with Gasteiger partial charge < -0.3 is 9.84 Å². The van der Waals surface area contributed by atoms with Crippen LogP contribution < -0.4 is 4.74 Å². The molecule has 0 amide bonds. The molecular weight excluding hydrogens is 226 g/mol. The lowest BCUT2D eigenvalue weighted by molar-refractivity contribution is 0.214. The van der Waals surface area contributed by atoms with E-state index in [0.29, 0.717) is 0 Å². The van der Waals surface area contributed by atoms with E-state index >= 15 is 0 Å².